The van der Waals surface area contributed by atoms with Crippen LogP contribution in [0.4, 0.5) is 8.78 Å². The highest BCUT2D eigenvalue weighted by atomic mass is 19.1. The number of fused-ring (bicyclic) bond motifs is 3. The largest absolute Gasteiger partial charge is 0.313 e. The Morgan fingerprint density at radius 3 is 2.19 bits per heavy atom. The van der Waals surface area contributed by atoms with Gasteiger partial charge in [0.25, 0.3) is 0 Å². The predicted octanol–water partition coefficient (Wildman–Crippen LogP) is 5.93. The summed E-state index contributed by atoms with van der Waals surface area (Å²) in [6.07, 6.45) is 12.4. The van der Waals surface area contributed by atoms with E-state index in [1.807, 2.05) is 11.6 Å². The molecule has 0 spiro atoms. The Labute approximate surface area is 160 Å². The van der Waals surface area contributed by atoms with Gasteiger partial charge in [-0.15, -0.1) is 10.2 Å². The van der Waals surface area contributed by atoms with Gasteiger partial charge in [-0.1, -0.05) is 32.3 Å². The molecular weight excluding hydrogens is 344 g/mol. The Morgan fingerprint density at radius 2 is 1.59 bits per heavy atom. The molecule has 5 heteroatoms. The molecule has 1 aromatic heterocycles. The minimum absolute atomic E-state index is 0.0221. The van der Waals surface area contributed by atoms with Gasteiger partial charge in [-0.2, -0.15) is 0 Å². The Balaban J connectivity index is 1.59. The minimum Gasteiger partial charge on any atom is -0.313 e. The van der Waals surface area contributed by atoms with Gasteiger partial charge in [0.15, 0.2) is 5.82 Å². The van der Waals surface area contributed by atoms with Crippen LogP contribution in [0.1, 0.15) is 77.0 Å². The van der Waals surface area contributed by atoms with Gasteiger partial charge >= 0.3 is 0 Å². The van der Waals surface area contributed by atoms with Crippen LogP contribution >= 0.6 is 0 Å². The molecule has 3 aliphatic carbocycles. The normalized spacial score (nSPS) is 27.3. The molecule has 2 bridgehead atoms. The molecule has 0 N–H and O–H groups in total. The molecule has 27 heavy (non-hydrogen) atoms. The van der Waals surface area contributed by atoms with Crippen molar-refractivity contribution in [3.05, 3.63) is 35.7 Å². The van der Waals surface area contributed by atoms with Crippen LogP contribution in [0, 0.1) is 17.0 Å². The number of benzene rings is 1. The van der Waals surface area contributed by atoms with Crippen molar-refractivity contribution in [2.24, 2.45) is 12.5 Å². The molecule has 3 aliphatic rings. The Kier molecular flexibility index (Phi) is 4.81. The van der Waals surface area contributed by atoms with Crippen molar-refractivity contribution in [2.45, 2.75) is 76.5 Å². The molecule has 0 amide bonds. The van der Waals surface area contributed by atoms with Gasteiger partial charge in [-0.3, -0.25) is 0 Å². The maximum Gasteiger partial charge on any atom is 0.169 e. The van der Waals surface area contributed by atoms with E-state index in [4.69, 9.17) is 0 Å². The Bertz CT molecular complexity index is 782. The van der Waals surface area contributed by atoms with E-state index in [2.05, 4.69) is 17.1 Å². The average molecular weight is 373 g/mol. The second-order valence-electron chi connectivity index (χ2n) is 8.74. The average Bonchev–Trinajstić information content (AvgIpc) is 3.05. The molecule has 0 unspecified atom stereocenters. The molecule has 1 aromatic carbocycles. The Hall–Kier alpha value is -1.78. The van der Waals surface area contributed by atoms with Crippen LogP contribution in [-0.4, -0.2) is 14.8 Å². The fourth-order valence-corrected chi connectivity index (χ4v) is 5.44. The molecule has 0 saturated heterocycles. The highest BCUT2D eigenvalue weighted by Gasteiger charge is 2.51. The SMILES string of the molecule is CCCCCC12CCC(c3nnc(-c4c(F)cccc4F)n3C)(CC1)CC2. The molecular formula is C22H29F2N3. The smallest absolute Gasteiger partial charge is 0.169 e. The van der Waals surface area contributed by atoms with Crippen molar-refractivity contribution in [1.82, 2.24) is 14.8 Å². The third kappa shape index (κ3) is 3.09. The van der Waals surface area contributed by atoms with Gasteiger partial charge < -0.3 is 4.57 Å². The van der Waals surface area contributed by atoms with E-state index in [0.29, 0.717) is 11.2 Å². The zero-order valence-corrected chi connectivity index (χ0v) is 16.4. The van der Waals surface area contributed by atoms with E-state index in [9.17, 15) is 8.78 Å². The lowest BCUT2D eigenvalue weighted by molar-refractivity contribution is 0.0250. The molecule has 0 radical (unpaired) electrons. The maximum atomic E-state index is 14.2. The van der Waals surface area contributed by atoms with Crippen LogP contribution in [-0.2, 0) is 12.5 Å². The fraction of sp³-hybridized carbons (Fsp3) is 0.636. The third-order valence-corrected chi connectivity index (χ3v) is 7.25. The van der Waals surface area contributed by atoms with E-state index in [1.54, 1.807) is 0 Å². The summed E-state index contributed by atoms with van der Waals surface area (Å²) < 4.78 is 30.3. The highest BCUT2D eigenvalue weighted by molar-refractivity contribution is 5.57. The summed E-state index contributed by atoms with van der Waals surface area (Å²) >= 11 is 0. The summed E-state index contributed by atoms with van der Waals surface area (Å²) in [5.74, 6) is 0.0240. The van der Waals surface area contributed by atoms with Gasteiger partial charge in [0.1, 0.15) is 17.5 Å². The topological polar surface area (TPSA) is 30.7 Å². The van der Waals surface area contributed by atoms with Gasteiger partial charge in [0.05, 0.1) is 5.56 Å². The zero-order chi connectivity index (χ0) is 19.1. The summed E-state index contributed by atoms with van der Waals surface area (Å²) in [6.45, 7) is 2.26. The first-order valence-electron chi connectivity index (χ1n) is 10.3. The zero-order valence-electron chi connectivity index (χ0n) is 16.4. The van der Waals surface area contributed by atoms with E-state index in [1.165, 1.54) is 63.1 Å². The summed E-state index contributed by atoms with van der Waals surface area (Å²) in [4.78, 5) is 0. The maximum absolute atomic E-state index is 14.2. The predicted molar refractivity (Wildman–Crippen MR) is 102 cm³/mol. The lowest BCUT2D eigenvalue weighted by Crippen LogP contribution is -2.45. The van der Waals surface area contributed by atoms with Crippen molar-refractivity contribution in [2.75, 3.05) is 0 Å². The van der Waals surface area contributed by atoms with Crippen LogP contribution in [0.15, 0.2) is 18.2 Å². The van der Waals surface area contributed by atoms with Gasteiger partial charge in [-0.05, 0) is 62.5 Å². The van der Waals surface area contributed by atoms with Crippen LogP contribution in [0.5, 0.6) is 0 Å². The van der Waals surface area contributed by atoms with Crippen molar-refractivity contribution >= 4 is 0 Å². The number of hydrogen-bond acceptors (Lipinski definition) is 2. The number of hydrogen-bond donors (Lipinski definition) is 0. The van der Waals surface area contributed by atoms with Crippen molar-refractivity contribution in [3.8, 4) is 11.4 Å². The number of aromatic nitrogens is 3. The lowest BCUT2D eigenvalue weighted by Gasteiger charge is -2.53. The molecule has 3 nitrogen and oxygen atoms in total. The standard InChI is InChI=1S/C22H29F2N3/c1-3-4-5-9-21-10-13-22(14-11-21,15-12-21)20-26-25-19(27(20)2)18-16(23)7-6-8-17(18)24/h6-8H,3-5,9-15H2,1-2H3. The number of rotatable bonds is 6. The third-order valence-electron chi connectivity index (χ3n) is 7.25. The van der Waals surface area contributed by atoms with Crippen molar-refractivity contribution in [1.29, 1.82) is 0 Å². The fourth-order valence-electron chi connectivity index (χ4n) is 5.44. The monoisotopic (exact) mass is 373 g/mol. The minimum atomic E-state index is -0.586. The quantitative estimate of drug-likeness (QED) is 0.587. The molecule has 5 rings (SSSR count). The molecule has 0 aliphatic heterocycles. The van der Waals surface area contributed by atoms with Crippen LogP contribution in [0.3, 0.4) is 0 Å². The molecule has 0 atom stereocenters. The summed E-state index contributed by atoms with van der Waals surface area (Å²) in [5, 5.41) is 8.65. The molecule has 3 fully saturated rings. The first-order valence-corrected chi connectivity index (χ1v) is 10.3. The van der Waals surface area contributed by atoms with Gasteiger partial charge in [-0.25, -0.2) is 8.78 Å². The van der Waals surface area contributed by atoms with Crippen LogP contribution in [0.25, 0.3) is 11.4 Å². The van der Waals surface area contributed by atoms with E-state index in [0.717, 1.165) is 25.1 Å². The van der Waals surface area contributed by atoms with E-state index in [-0.39, 0.29) is 11.0 Å². The first-order chi connectivity index (χ1) is 13.0. The number of unbranched alkanes of at least 4 members (excludes halogenated alkanes) is 2. The molecule has 2 aromatic rings. The second-order valence-corrected chi connectivity index (χ2v) is 8.74. The van der Waals surface area contributed by atoms with Gasteiger partial charge in [0.2, 0.25) is 0 Å². The lowest BCUT2D eigenvalue weighted by atomic mass is 9.52. The van der Waals surface area contributed by atoms with Crippen LogP contribution in [0.2, 0.25) is 0 Å². The van der Waals surface area contributed by atoms with E-state index >= 15 is 0 Å². The first kappa shape index (κ1) is 18.6. The summed E-state index contributed by atoms with van der Waals surface area (Å²) in [5.41, 5.74) is 0.472. The molecule has 1 heterocycles. The molecule has 146 valence electrons. The second kappa shape index (κ2) is 6.99. The number of nitrogens with zero attached hydrogens (tertiary/aromatic N) is 3. The van der Waals surface area contributed by atoms with Crippen LogP contribution < -0.4 is 0 Å². The van der Waals surface area contributed by atoms with Crippen molar-refractivity contribution in [3.63, 3.8) is 0 Å². The highest BCUT2D eigenvalue weighted by Crippen LogP contribution is 2.59. The van der Waals surface area contributed by atoms with Crippen molar-refractivity contribution < 1.29 is 8.78 Å². The van der Waals surface area contributed by atoms with E-state index < -0.39 is 11.6 Å². The summed E-state index contributed by atoms with van der Waals surface area (Å²) in [6, 6.07) is 3.93. The summed E-state index contributed by atoms with van der Waals surface area (Å²) in [7, 11) is 1.85. The molecule has 3 saturated carbocycles. The van der Waals surface area contributed by atoms with Gasteiger partial charge in [0, 0.05) is 12.5 Å². The Morgan fingerprint density at radius 1 is 0.963 bits per heavy atom. The number of halogens is 2.